The molecule has 2 aromatic heterocycles. The molecule has 0 amide bonds. The van der Waals surface area contributed by atoms with Crippen LogP contribution in [0.3, 0.4) is 0 Å². The van der Waals surface area contributed by atoms with Gasteiger partial charge in [-0.15, -0.1) is 0 Å². The molecule has 0 radical (unpaired) electrons. The number of hydrogen-bond acceptors (Lipinski definition) is 8. The maximum absolute atomic E-state index is 13.6. The van der Waals surface area contributed by atoms with Crippen molar-refractivity contribution >= 4 is 11.8 Å². The number of rotatable bonds is 14. The highest BCUT2D eigenvalue weighted by molar-refractivity contribution is 5.45. The number of anilines is 2. The van der Waals surface area contributed by atoms with E-state index in [1.807, 2.05) is 66.7 Å². The zero-order chi connectivity index (χ0) is 27.5. The van der Waals surface area contributed by atoms with Crippen molar-refractivity contribution in [2.45, 2.75) is 32.5 Å². The summed E-state index contributed by atoms with van der Waals surface area (Å²) in [6.45, 7) is 1.96. The number of aryl methyl sites for hydroxylation is 1. The van der Waals surface area contributed by atoms with Crippen LogP contribution in [-0.4, -0.2) is 46.5 Å². The van der Waals surface area contributed by atoms with E-state index in [1.54, 1.807) is 20.4 Å². The minimum absolute atomic E-state index is 0.201. The van der Waals surface area contributed by atoms with Crippen LogP contribution in [0.4, 0.5) is 11.8 Å². The number of ether oxygens (including phenoxy) is 2. The Balaban J connectivity index is 1.60. The van der Waals surface area contributed by atoms with Gasteiger partial charge in [-0.3, -0.25) is 4.57 Å². The van der Waals surface area contributed by atoms with Crippen molar-refractivity contribution in [3.8, 4) is 5.75 Å². The molecular weight excluding hydrogens is 496 g/mol. The Morgan fingerprint density at radius 2 is 1.67 bits per heavy atom. The highest BCUT2D eigenvalue weighted by Gasteiger charge is 2.15. The average Bonchev–Trinajstić information content (AvgIpc) is 2.97. The van der Waals surface area contributed by atoms with Gasteiger partial charge in [0.2, 0.25) is 5.95 Å². The standard InChI is InChI=1S/C29H34N6O4/c1-38-19-17-31-26-24(11-6-16-30-26)20-32-27-33-28(36)34(18-7-10-22-8-4-3-5-9-22)29(37)35(27)21-23-12-14-25(39-2)15-13-23/h3-6,8-9,11-16H,7,10,17-21H2,1-2H3,(H,30,31)(H,32,33,36). The third-order valence-electron chi connectivity index (χ3n) is 6.27. The summed E-state index contributed by atoms with van der Waals surface area (Å²) in [5, 5.41) is 6.44. The predicted molar refractivity (Wildman–Crippen MR) is 152 cm³/mol. The number of nitrogens with zero attached hydrogens (tertiary/aromatic N) is 4. The molecule has 0 saturated heterocycles. The van der Waals surface area contributed by atoms with E-state index in [-0.39, 0.29) is 19.0 Å². The summed E-state index contributed by atoms with van der Waals surface area (Å²) in [5.41, 5.74) is 1.91. The number of methoxy groups -OCH3 is 2. The maximum atomic E-state index is 13.6. The smallest absolute Gasteiger partial charge is 0.354 e. The van der Waals surface area contributed by atoms with Crippen LogP contribution in [0.15, 0.2) is 82.5 Å². The lowest BCUT2D eigenvalue weighted by atomic mass is 10.1. The number of pyridine rings is 1. The molecule has 10 heteroatoms. The van der Waals surface area contributed by atoms with Gasteiger partial charge in [-0.1, -0.05) is 48.5 Å². The van der Waals surface area contributed by atoms with Crippen LogP contribution >= 0.6 is 0 Å². The van der Waals surface area contributed by atoms with Crippen LogP contribution in [0.1, 0.15) is 23.1 Å². The molecule has 0 bridgehead atoms. The van der Waals surface area contributed by atoms with Crippen LogP contribution in [0.5, 0.6) is 5.75 Å². The minimum Gasteiger partial charge on any atom is -0.497 e. The second-order valence-electron chi connectivity index (χ2n) is 8.96. The normalized spacial score (nSPS) is 10.8. The van der Waals surface area contributed by atoms with E-state index >= 15 is 0 Å². The topological polar surface area (TPSA) is 112 Å². The third-order valence-corrected chi connectivity index (χ3v) is 6.27. The van der Waals surface area contributed by atoms with Crippen molar-refractivity contribution in [2.24, 2.45) is 0 Å². The lowest BCUT2D eigenvalue weighted by molar-refractivity contribution is 0.210. The van der Waals surface area contributed by atoms with E-state index in [0.717, 1.165) is 28.9 Å². The van der Waals surface area contributed by atoms with Crippen molar-refractivity contribution in [3.05, 3.63) is 111 Å². The van der Waals surface area contributed by atoms with Gasteiger partial charge in [0, 0.05) is 38.5 Å². The fourth-order valence-electron chi connectivity index (χ4n) is 4.18. The van der Waals surface area contributed by atoms with Crippen molar-refractivity contribution < 1.29 is 9.47 Å². The van der Waals surface area contributed by atoms with Crippen molar-refractivity contribution in [2.75, 3.05) is 38.0 Å². The first-order valence-electron chi connectivity index (χ1n) is 12.9. The number of hydrogen-bond donors (Lipinski definition) is 2. The Hall–Kier alpha value is -4.44. The molecule has 0 atom stereocenters. The quantitative estimate of drug-likeness (QED) is 0.239. The number of nitrogens with one attached hydrogen (secondary N) is 2. The van der Waals surface area contributed by atoms with Crippen LogP contribution in [0, 0.1) is 0 Å². The summed E-state index contributed by atoms with van der Waals surface area (Å²) >= 11 is 0. The van der Waals surface area contributed by atoms with Crippen LogP contribution in [-0.2, 0) is 30.8 Å². The highest BCUT2D eigenvalue weighted by atomic mass is 16.5. The number of benzene rings is 2. The van der Waals surface area contributed by atoms with Crippen LogP contribution < -0.4 is 26.7 Å². The second-order valence-corrected chi connectivity index (χ2v) is 8.96. The van der Waals surface area contributed by atoms with Crippen LogP contribution in [0.2, 0.25) is 0 Å². The summed E-state index contributed by atoms with van der Waals surface area (Å²) in [7, 11) is 3.24. The van der Waals surface area contributed by atoms with Gasteiger partial charge in [0.05, 0.1) is 20.3 Å². The van der Waals surface area contributed by atoms with E-state index in [2.05, 4.69) is 20.6 Å². The van der Waals surface area contributed by atoms with E-state index in [0.29, 0.717) is 31.9 Å². The molecule has 0 fully saturated rings. The molecule has 10 nitrogen and oxygen atoms in total. The SMILES string of the molecule is COCCNc1ncccc1CNc1nc(=O)n(CCCc2ccccc2)c(=O)n1Cc1ccc(OC)cc1. The van der Waals surface area contributed by atoms with Gasteiger partial charge in [-0.2, -0.15) is 4.98 Å². The summed E-state index contributed by atoms with van der Waals surface area (Å²) < 4.78 is 13.1. The van der Waals surface area contributed by atoms with E-state index < -0.39 is 11.4 Å². The fraction of sp³-hybridized carbons (Fsp3) is 0.310. The minimum atomic E-state index is -0.578. The monoisotopic (exact) mass is 530 g/mol. The zero-order valence-corrected chi connectivity index (χ0v) is 22.3. The molecule has 39 heavy (non-hydrogen) atoms. The molecule has 0 aliphatic heterocycles. The highest BCUT2D eigenvalue weighted by Crippen LogP contribution is 2.15. The maximum Gasteiger partial charge on any atom is 0.354 e. The summed E-state index contributed by atoms with van der Waals surface area (Å²) in [6.07, 6.45) is 3.10. The van der Waals surface area contributed by atoms with E-state index in [9.17, 15) is 9.59 Å². The Morgan fingerprint density at radius 1 is 0.872 bits per heavy atom. The van der Waals surface area contributed by atoms with Gasteiger partial charge in [0.15, 0.2) is 0 Å². The third kappa shape index (κ3) is 7.55. The lowest BCUT2D eigenvalue weighted by Crippen LogP contribution is -2.43. The Bertz CT molecular complexity index is 1450. The van der Waals surface area contributed by atoms with Gasteiger partial charge in [0.1, 0.15) is 11.6 Å². The Labute approximate surface area is 227 Å². The van der Waals surface area contributed by atoms with Gasteiger partial charge < -0.3 is 20.1 Å². The first kappa shape index (κ1) is 27.6. The molecule has 0 aliphatic rings. The first-order chi connectivity index (χ1) is 19.1. The summed E-state index contributed by atoms with van der Waals surface area (Å²) in [4.78, 5) is 35.3. The lowest BCUT2D eigenvalue weighted by Gasteiger charge is -2.17. The molecule has 204 valence electrons. The number of aromatic nitrogens is 4. The van der Waals surface area contributed by atoms with Gasteiger partial charge in [-0.05, 0) is 42.2 Å². The molecular formula is C29H34N6O4. The molecule has 2 heterocycles. The average molecular weight is 531 g/mol. The molecule has 2 aromatic carbocycles. The molecule has 4 aromatic rings. The molecule has 0 saturated carbocycles. The van der Waals surface area contributed by atoms with E-state index in [4.69, 9.17) is 9.47 Å². The molecule has 2 N–H and O–H groups in total. The molecule has 0 spiro atoms. The molecule has 0 unspecified atom stereocenters. The Morgan fingerprint density at radius 3 is 2.41 bits per heavy atom. The fourth-order valence-corrected chi connectivity index (χ4v) is 4.18. The Kier molecular flexibility index (Phi) is 9.85. The van der Waals surface area contributed by atoms with Crippen molar-refractivity contribution in [3.63, 3.8) is 0 Å². The summed E-state index contributed by atoms with van der Waals surface area (Å²) in [6, 6.07) is 21.2. The second kappa shape index (κ2) is 13.9. The van der Waals surface area contributed by atoms with Gasteiger partial charge >= 0.3 is 11.4 Å². The summed E-state index contributed by atoms with van der Waals surface area (Å²) in [5.74, 6) is 1.62. The van der Waals surface area contributed by atoms with Crippen LogP contribution in [0.25, 0.3) is 0 Å². The molecule has 4 rings (SSSR count). The largest absolute Gasteiger partial charge is 0.497 e. The zero-order valence-electron chi connectivity index (χ0n) is 22.3. The predicted octanol–water partition coefficient (Wildman–Crippen LogP) is 3.16. The van der Waals surface area contributed by atoms with Gasteiger partial charge in [-0.25, -0.2) is 19.1 Å². The first-order valence-corrected chi connectivity index (χ1v) is 12.9. The van der Waals surface area contributed by atoms with E-state index in [1.165, 1.54) is 9.13 Å². The molecule has 0 aliphatic carbocycles. The van der Waals surface area contributed by atoms with Crippen molar-refractivity contribution in [1.29, 1.82) is 0 Å². The van der Waals surface area contributed by atoms with Gasteiger partial charge in [0.25, 0.3) is 0 Å². The van der Waals surface area contributed by atoms with Crippen molar-refractivity contribution in [1.82, 2.24) is 19.1 Å².